The largest absolute Gasteiger partial charge is 0.345 e. The van der Waals surface area contributed by atoms with Crippen LogP contribution < -0.4 is 4.90 Å². The molecule has 1 fully saturated rings. The van der Waals surface area contributed by atoms with Gasteiger partial charge in [-0.25, -0.2) is 0 Å². The van der Waals surface area contributed by atoms with Crippen molar-refractivity contribution in [1.82, 2.24) is 4.98 Å². The van der Waals surface area contributed by atoms with Crippen LogP contribution in [0.5, 0.6) is 0 Å². The second kappa shape index (κ2) is 12.7. The Bertz CT molecular complexity index is 1070. The second-order valence-corrected chi connectivity index (χ2v) is 9.58. The van der Waals surface area contributed by atoms with Crippen LogP contribution in [0.2, 0.25) is 0 Å². The average molecular weight is 473 g/mol. The molecule has 3 heteroatoms. The Morgan fingerprint density at radius 1 is 1.20 bits per heavy atom. The predicted molar refractivity (Wildman–Crippen MR) is 152 cm³/mol. The zero-order valence-corrected chi connectivity index (χ0v) is 22.9. The van der Waals surface area contributed by atoms with Gasteiger partial charge in [-0.05, 0) is 73.9 Å². The van der Waals surface area contributed by atoms with Crippen LogP contribution in [-0.4, -0.2) is 17.3 Å². The van der Waals surface area contributed by atoms with Gasteiger partial charge >= 0.3 is 0 Å². The lowest BCUT2D eigenvalue weighted by Gasteiger charge is -2.19. The maximum absolute atomic E-state index is 12.1. The second-order valence-electron chi connectivity index (χ2n) is 9.58. The number of pyridine rings is 1. The Morgan fingerprint density at radius 2 is 1.89 bits per heavy atom. The van der Waals surface area contributed by atoms with Gasteiger partial charge in [-0.1, -0.05) is 72.1 Å². The molecule has 0 saturated heterocycles. The van der Waals surface area contributed by atoms with Gasteiger partial charge in [-0.2, -0.15) is 0 Å². The van der Waals surface area contributed by atoms with Crippen molar-refractivity contribution in [1.29, 1.82) is 0 Å². The summed E-state index contributed by atoms with van der Waals surface area (Å²) >= 11 is 0. The molecule has 0 radical (unpaired) electrons. The van der Waals surface area contributed by atoms with Gasteiger partial charge in [0.05, 0.1) is 5.69 Å². The Balaban J connectivity index is 0.000000241. The Hall–Kier alpha value is -2.94. The Labute approximate surface area is 213 Å². The lowest BCUT2D eigenvalue weighted by atomic mass is 9.96. The molecule has 1 aromatic heterocycles. The van der Waals surface area contributed by atoms with E-state index in [0.717, 1.165) is 35.5 Å². The third-order valence-electron chi connectivity index (χ3n) is 6.71. The molecular formula is C32H44N2O. The third-order valence-corrected chi connectivity index (χ3v) is 6.71. The summed E-state index contributed by atoms with van der Waals surface area (Å²) in [5.41, 5.74) is 8.34. The molecule has 4 rings (SSSR count). The predicted octanol–water partition coefficient (Wildman–Crippen LogP) is 8.88. The number of hydrogen-bond donors (Lipinski definition) is 0. The van der Waals surface area contributed by atoms with Gasteiger partial charge in [0.2, 0.25) is 0 Å². The fourth-order valence-electron chi connectivity index (χ4n) is 4.47. The first kappa shape index (κ1) is 28.3. The molecule has 0 atom stereocenters. The van der Waals surface area contributed by atoms with Crippen molar-refractivity contribution in [2.75, 3.05) is 11.4 Å². The van der Waals surface area contributed by atoms with E-state index in [9.17, 15) is 4.79 Å². The molecule has 2 heterocycles. The molecule has 1 saturated carbocycles. The first-order valence-corrected chi connectivity index (χ1v) is 13.1. The highest BCUT2D eigenvalue weighted by molar-refractivity contribution is 5.97. The molecular weight excluding hydrogens is 428 g/mol. The molecule has 188 valence electrons. The smallest absolute Gasteiger partial charge is 0.162 e. The molecule has 3 nitrogen and oxygen atoms in total. The van der Waals surface area contributed by atoms with Crippen LogP contribution in [0.4, 0.5) is 5.69 Å². The molecule has 1 aliphatic carbocycles. The molecule has 0 amide bonds. The maximum Gasteiger partial charge on any atom is 0.162 e. The van der Waals surface area contributed by atoms with Gasteiger partial charge in [0, 0.05) is 41.5 Å². The number of carbonyl (C=O) groups is 1. The standard InChI is InChI=1S/C17H21NO.C13H17N.C2H6/c1-4-5-16(19)13-6-7-14-15(10-13)18(12(2)3)11-17(14)8-9-17;1-5-11(6-2)13-9-12(10(3)4)7-8-14-13;1-2/h6-7,10H,2,4-5,8-9,11H2,1,3H3;5-10H,1H2,2-4H3;1-2H3/b;11-6+;. The van der Waals surface area contributed by atoms with E-state index < -0.39 is 0 Å². The van der Waals surface area contributed by atoms with E-state index in [2.05, 4.69) is 61.2 Å². The minimum atomic E-state index is 0.253. The highest BCUT2D eigenvalue weighted by atomic mass is 16.1. The number of hydrogen-bond acceptors (Lipinski definition) is 3. The zero-order valence-electron chi connectivity index (χ0n) is 22.9. The van der Waals surface area contributed by atoms with Gasteiger partial charge in [-0.15, -0.1) is 0 Å². The van der Waals surface area contributed by atoms with Crippen molar-refractivity contribution < 1.29 is 4.79 Å². The van der Waals surface area contributed by atoms with E-state index in [1.165, 1.54) is 29.7 Å². The lowest BCUT2D eigenvalue weighted by molar-refractivity contribution is 0.0981. The molecule has 0 unspecified atom stereocenters. The fraction of sp³-hybridized carbons (Fsp3) is 0.438. The van der Waals surface area contributed by atoms with E-state index in [1.54, 1.807) is 0 Å². The minimum Gasteiger partial charge on any atom is -0.345 e. The normalized spacial score (nSPS) is 15.0. The molecule has 0 bridgehead atoms. The highest BCUT2D eigenvalue weighted by Crippen LogP contribution is 2.57. The number of aromatic nitrogens is 1. The summed E-state index contributed by atoms with van der Waals surface area (Å²) in [5.74, 6) is 0.795. The van der Waals surface area contributed by atoms with Crippen LogP contribution in [0.25, 0.3) is 5.57 Å². The summed E-state index contributed by atoms with van der Waals surface area (Å²) in [5, 5.41) is 0. The first-order chi connectivity index (χ1) is 16.8. The van der Waals surface area contributed by atoms with Crippen LogP contribution in [0, 0.1) is 0 Å². The van der Waals surface area contributed by atoms with Crippen molar-refractivity contribution >= 4 is 17.0 Å². The van der Waals surface area contributed by atoms with E-state index in [4.69, 9.17) is 0 Å². The van der Waals surface area contributed by atoms with Crippen molar-refractivity contribution in [2.24, 2.45) is 0 Å². The molecule has 1 aromatic carbocycles. The molecule has 0 N–H and O–H groups in total. The molecule has 2 aliphatic rings. The van der Waals surface area contributed by atoms with Gasteiger partial charge in [0.25, 0.3) is 0 Å². The number of benzene rings is 1. The number of rotatable bonds is 7. The van der Waals surface area contributed by atoms with Crippen LogP contribution in [0.1, 0.15) is 107 Å². The van der Waals surface area contributed by atoms with Gasteiger partial charge in [-0.3, -0.25) is 9.78 Å². The highest BCUT2D eigenvalue weighted by Gasteiger charge is 2.51. The summed E-state index contributed by atoms with van der Waals surface area (Å²) in [4.78, 5) is 18.7. The van der Waals surface area contributed by atoms with Crippen molar-refractivity contribution in [3.8, 4) is 0 Å². The quantitative estimate of drug-likeness (QED) is 0.298. The summed E-state index contributed by atoms with van der Waals surface area (Å²) in [6.45, 7) is 23.4. The van der Waals surface area contributed by atoms with E-state index in [1.807, 2.05) is 59.0 Å². The molecule has 2 aromatic rings. The number of ketones is 1. The zero-order chi connectivity index (χ0) is 26.2. The van der Waals surface area contributed by atoms with Gasteiger partial charge < -0.3 is 4.90 Å². The van der Waals surface area contributed by atoms with Gasteiger partial charge in [0.15, 0.2) is 5.78 Å². The monoisotopic (exact) mass is 472 g/mol. The number of nitrogens with zero attached hydrogens (tertiary/aromatic N) is 2. The van der Waals surface area contributed by atoms with Crippen LogP contribution in [0.3, 0.4) is 0 Å². The Morgan fingerprint density at radius 3 is 2.40 bits per heavy atom. The average Bonchev–Trinajstić information content (AvgIpc) is 3.57. The minimum absolute atomic E-state index is 0.253. The maximum atomic E-state index is 12.1. The van der Waals surface area contributed by atoms with Crippen molar-refractivity contribution in [3.05, 3.63) is 89.9 Å². The van der Waals surface area contributed by atoms with E-state index in [-0.39, 0.29) is 5.78 Å². The van der Waals surface area contributed by atoms with Gasteiger partial charge in [0.1, 0.15) is 0 Å². The number of fused-ring (bicyclic) bond motifs is 2. The third kappa shape index (κ3) is 6.60. The summed E-state index contributed by atoms with van der Waals surface area (Å²) in [7, 11) is 0. The number of anilines is 1. The SMILES string of the molecule is C=C(C)N1CC2(CC2)c2ccc(C(=O)CCC)cc21.C=C/C(=C\C)c1cc(C(C)C)ccn1.CC. The lowest BCUT2D eigenvalue weighted by Crippen LogP contribution is -2.21. The number of Topliss-reactive ketones (excluding diaryl/α,β-unsaturated/α-hetero) is 1. The molecule has 1 spiro atoms. The number of allylic oxidation sites excluding steroid dienone is 4. The molecule has 35 heavy (non-hydrogen) atoms. The van der Waals surface area contributed by atoms with Crippen molar-refractivity contribution in [2.45, 2.75) is 85.5 Å². The fourth-order valence-corrected chi connectivity index (χ4v) is 4.47. The summed E-state index contributed by atoms with van der Waals surface area (Å²) < 4.78 is 0. The topological polar surface area (TPSA) is 33.2 Å². The van der Waals surface area contributed by atoms with E-state index >= 15 is 0 Å². The van der Waals surface area contributed by atoms with Crippen LogP contribution in [0.15, 0.2) is 67.5 Å². The van der Waals surface area contributed by atoms with E-state index in [0.29, 0.717) is 17.8 Å². The molecule has 1 aliphatic heterocycles. The first-order valence-electron chi connectivity index (χ1n) is 13.1. The summed E-state index contributed by atoms with van der Waals surface area (Å²) in [6, 6.07) is 10.5. The van der Waals surface area contributed by atoms with Crippen LogP contribution >= 0.6 is 0 Å². The Kier molecular flexibility index (Phi) is 10.2. The van der Waals surface area contributed by atoms with Crippen molar-refractivity contribution in [3.63, 3.8) is 0 Å². The summed E-state index contributed by atoms with van der Waals surface area (Å²) in [6.07, 6.45) is 9.81. The van der Waals surface area contributed by atoms with Crippen LogP contribution in [-0.2, 0) is 5.41 Å². The number of carbonyl (C=O) groups excluding carboxylic acids is 1.